The lowest BCUT2D eigenvalue weighted by atomic mass is 9.97. The first-order chi connectivity index (χ1) is 15.0. The molecule has 0 bridgehead atoms. The van der Waals surface area contributed by atoms with E-state index in [1.54, 1.807) is 24.3 Å². The molecule has 1 heterocycles. The number of anilines is 1. The van der Waals surface area contributed by atoms with Crippen LogP contribution in [-0.4, -0.2) is 49.3 Å². The molecule has 9 heteroatoms. The van der Waals surface area contributed by atoms with Gasteiger partial charge in [-0.25, -0.2) is 9.18 Å². The highest BCUT2D eigenvalue weighted by atomic mass is 19.1. The van der Waals surface area contributed by atoms with Crippen LogP contribution in [0.2, 0.25) is 0 Å². The lowest BCUT2D eigenvalue weighted by molar-refractivity contribution is -0.116. The molecule has 164 valence electrons. The first kappa shape index (κ1) is 22.1. The Bertz CT molecular complexity index is 977. The van der Waals surface area contributed by atoms with Crippen molar-refractivity contribution in [1.29, 1.82) is 0 Å². The molecule has 0 fully saturated rings. The minimum atomic E-state index is -0.580. The van der Waals surface area contributed by atoms with Gasteiger partial charge in [-0.3, -0.25) is 9.69 Å². The van der Waals surface area contributed by atoms with Crippen LogP contribution in [0, 0.1) is 5.82 Å². The Morgan fingerprint density at radius 2 is 1.90 bits per heavy atom. The number of nitrogens with one attached hydrogen (secondary N) is 1. The van der Waals surface area contributed by atoms with E-state index in [1.165, 1.54) is 43.5 Å². The van der Waals surface area contributed by atoms with Crippen molar-refractivity contribution >= 4 is 17.5 Å². The van der Waals surface area contributed by atoms with Gasteiger partial charge in [-0.2, -0.15) is 0 Å². The standard InChI is InChI=1S/C22H23FN2O6/c1-29-19-11-16(12-20(21(19)30-2)31-10-9-26)24-22(28)25-8-7-17(27)13-18(25)14-3-5-15(23)6-4-14/h3-8,11-12,18,26H,9-10,13H2,1-2H3,(H,24,28)/t18-/m0/s1. The minimum absolute atomic E-state index is 0.0283. The van der Waals surface area contributed by atoms with E-state index in [9.17, 15) is 14.0 Å². The molecule has 0 spiro atoms. The number of ketones is 1. The zero-order chi connectivity index (χ0) is 22.4. The molecule has 8 nitrogen and oxygen atoms in total. The zero-order valence-corrected chi connectivity index (χ0v) is 17.1. The van der Waals surface area contributed by atoms with Crippen LogP contribution in [0.4, 0.5) is 14.9 Å². The number of carbonyl (C=O) groups is 2. The van der Waals surface area contributed by atoms with Gasteiger partial charge in [0.05, 0.1) is 32.6 Å². The van der Waals surface area contributed by atoms with E-state index >= 15 is 0 Å². The Hall–Kier alpha value is -3.59. The molecule has 1 atom stereocenters. The number of ether oxygens (including phenoxy) is 3. The van der Waals surface area contributed by atoms with E-state index < -0.39 is 17.9 Å². The topological polar surface area (TPSA) is 97.3 Å². The molecular weight excluding hydrogens is 407 g/mol. The summed E-state index contributed by atoms with van der Waals surface area (Å²) in [7, 11) is 2.90. The van der Waals surface area contributed by atoms with Crippen LogP contribution < -0.4 is 19.5 Å². The highest BCUT2D eigenvalue weighted by Gasteiger charge is 2.29. The van der Waals surface area contributed by atoms with Gasteiger partial charge in [-0.1, -0.05) is 12.1 Å². The van der Waals surface area contributed by atoms with Crippen molar-refractivity contribution in [3.05, 3.63) is 60.1 Å². The largest absolute Gasteiger partial charge is 0.493 e. The van der Waals surface area contributed by atoms with Crippen molar-refractivity contribution in [2.45, 2.75) is 12.5 Å². The highest BCUT2D eigenvalue weighted by Crippen LogP contribution is 2.40. The fraction of sp³-hybridized carbons (Fsp3) is 0.273. The van der Waals surface area contributed by atoms with Gasteiger partial charge in [0.15, 0.2) is 17.3 Å². The molecule has 0 unspecified atom stereocenters. The van der Waals surface area contributed by atoms with Crippen LogP contribution in [0.3, 0.4) is 0 Å². The van der Waals surface area contributed by atoms with Crippen molar-refractivity contribution < 1.29 is 33.3 Å². The normalized spacial score (nSPS) is 15.5. The summed E-state index contributed by atoms with van der Waals surface area (Å²) < 4.78 is 29.4. The van der Waals surface area contributed by atoms with Crippen LogP contribution in [0.25, 0.3) is 0 Å². The minimum Gasteiger partial charge on any atom is -0.493 e. The summed E-state index contributed by atoms with van der Waals surface area (Å²) in [5, 5.41) is 11.8. The summed E-state index contributed by atoms with van der Waals surface area (Å²) in [6.45, 7) is -0.172. The van der Waals surface area contributed by atoms with E-state index in [1.807, 2.05) is 0 Å². The summed E-state index contributed by atoms with van der Waals surface area (Å²) >= 11 is 0. The Labute approximate surface area is 178 Å². The molecule has 2 aromatic rings. The Morgan fingerprint density at radius 1 is 1.19 bits per heavy atom. The van der Waals surface area contributed by atoms with Crippen LogP contribution in [0.5, 0.6) is 17.2 Å². The number of hydrogen-bond donors (Lipinski definition) is 2. The second-order valence-electron chi connectivity index (χ2n) is 6.67. The lowest BCUT2D eigenvalue weighted by Gasteiger charge is -2.31. The number of hydrogen-bond acceptors (Lipinski definition) is 6. The van der Waals surface area contributed by atoms with Crippen molar-refractivity contribution in [2.75, 3.05) is 32.8 Å². The van der Waals surface area contributed by atoms with Gasteiger partial charge in [-0.15, -0.1) is 0 Å². The average Bonchev–Trinajstić information content (AvgIpc) is 2.77. The third-order valence-electron chi connectivity index (χ3n) is 4.69. The molecule has 2 amide bonds. The third-order valence-corrected chi connectivity index (χ3v) is 4.69. The second-order valence-corrected chi connectivity index (χ2v) is 6.67. The molecule has 31 heavy (non-hydrogen) atoms. The number of halogens is 1. The molecule has 2 N–H and O–H groups in total. The third kappa shape index (κ3) is 5.13. The van der Waals surface area contributed by atoms with Crippen LogP contribution in [-0.2, 0) is 4.79 Å². The average molecular weight is 430 g/mol. The smallest absolute Gasteiger partial charge is 0.326 e. The number of benzene rings is 2. The van der Waals surface area contributed by atoms with E-state index in [0.717, 1.165) is 0 Å². The molecule has 3 rings (SSSR count). The summed E-state index contributed by atoms with van der Waals surface area (Å²) in [6, 6.07) is 7.69. The number of allylic oxidation sites excluding steroid dienone is 1. The van der Waals surface area contributed by atoms with Crippen molar-refractivity contribution in [3.63, 3.8) is 0 Å². The molecule has 0 aromatic heterocycles. The summed E-state index contributed by atoms with van der Waals surface area (Å²) in [5.41, 5.74) is 0.993. The van der Waals surface area contributed by atoms with Gasteiger partial charge in [0.1, 0.15) is 12.4 Å². The number of urea groups is 1. The van der Waals surface area contributed by atoms with Gasteiger partial charge >= 0.3 is 6.03 Å². The van der Waals surface area contributed by atoms with E-state index in [4.69, 9.17) is 19.3 Å². The maximum atomic E-state index is 13.3. The van der Waals surface area contributed by atoms with Crippen molar-refractivity contribution in [1.82, 2.24) is 4.90 Å². The highest BCUT2D eigenvalue weighted by molar-refractivity contribution is 5.96. The number of amides is 2. The number of aliphatic hydroxyl groups is 1. The van der Waals surface area contributed by atoms with E-state index in [0.29, 0.717) is 22.7 Å². The monoisotopic (exact) mass is 430 g/mol. The Balaban J connectivity index is 1.88. The van der Waals surface area contributed by atoms with Gasteiger partial charge in [0.25, 0.3) is 0 Å². The summed E-state index contributed by atoms with van der Waals surface area (Å²) in [5.74, 6) is 0.391. The Kier molecular flexibility index (Phi) is 7.09. The predicted molar refractivity (Wildman–Crippen MR) is 111 cm³/mol. The molecule has 2 aromatic carbocycles. The summed E-state index contributed by atoms with van der Waals surface area (Å²) in [6.07, 6.45) is 2.80. The van der Waals surface area contributed by atoms with Crippen LogP contribution >= 0.6 is 0 Å². The zero-order valence-electron chi connectivity index (χ0n) is 17.1. The Morgan fingerprint density at radius 3 is 2.55 bits per heavy atom. The number of methoxy groups -OCH3 is 2. The fourth-order valence-corrected chi connectivity index (χ4v) is 3.25. The molecule has 0 radical (unpaired) electrons. The van der Waals surface area contributed by atoms with Crippen molar-refractivity contribution in [2.24, 2.45) is 0 Å². The maximum absolute atomic E-state index is 13.3. The number of rotatable bonds is 7. The first-order valence-electron chi connectivity index (χ1n) is 9.52. The SMILES string of the molecule is COc1cc(NC(=O)N2C=CC(=O)C[C@H]2c2ccc(F)cc2)cc(OCCO)c1OC. The molecule has 1 aliphatic heterocycles. The maximum Gasteiger partial charge on any atom is 0.326 e. The molecule has 1 aliphatic rings. The van der Waals surface area contributed by atoms with E-state index in [2.05, 4.69) is 5.32 Å². The van der Waals surface area contributed by atoms with Crippen LogP contribution in [0.15, 0.2) is 48.7 Å². The van der Waals surface area contributed by atoms with Gasteiger partial charge in [0, 0.05) is 24.8 Å². The first-order valence-corrected chi connectivity index (χ1v) is 9.52. The molecule has 0 aliphatic carbocycles. The number of nitrogens with zero attached hydrogens (tertiary/aromatic N) is 1. The predicted octanol–water partition coefficient (Wildman–Crippen LogP) is 3.28. The molecular formula is C22H23FN2O6. The van der Waals surface area contributed by atoms with Crippen LogP contribution in [0.1, 0.15) is 18.0 Å². The fourth-order valence-electron chi connectivity index (χ4n) is 3.25. The molecule has 0 saturated carbocycles. The van der Waals surface area contributed by atoms with Gasteiger partial charge < -0.3 is 24.6 Å². The molecule has 0 saturated heterocycles. The second kappa shape index (κ2) is 9.94. The van der Waals surface area contributed by atoms with Crippen molar-refractivity contribution in [3.8, 4) is 17.2 Å². The number of aliphatic hydroxyl groups excluding tert-OH is 1. The van der Waals surface area contributed by atoms with Gasteiger partial charge in [0.2, 0.25) is 5.75 Å². The van der Waals surface area contributed by atoms with E-state index in [-0.39, 0.29) is 31.2 Å². The van der Waals surface area contributed by atoms with Gasteiger partial charge in [-0.05, 0) is 23.8 Å². The summed E-state index contributed by atoms with van der Waals surface area (Å²) in [4.78, 5) is 26.4. The quantitative estimate of drug-likeness (QED) is 0.700. The number of carbonyl (C=O) groups excluding carboxylic acids is 2. The lowest BCUT2D eigenvalue weighted by Crippen LogP contribution is -2.37.